The highest BCUT2D eigenvalue weighted by Crippen LogP contribution is 2.22. The van der Waals surface area contributed by atoms with E-state index in [9.17, 15) is 9.59 Å². The average Bonchev–Trinajstić information content (AvgIpc) is 2.26. The second-order valence-electron chi connectivity index (χ2n) is 6.16. The predicted octanol–water partition coefficient (Wildman–Crippen LogP) is 2.21. The number of carboxylic acids is 1. The second kappa shape index (κ2) is 7.73. The molecule has 6 heteroatoms. The van der Waals surface area contributed by atoms with Crippen molar-refractivity contribution in [2.75, 3.05) is 6.54 Å². The Morgan fingerprint density at radius 1 is 1.35 bits per heavy atom. The molecule has 0 spiro atoms. The number of amides is 2. The lowest BCUT2D eigenvalue weighted by Crippen LogP contribution is -2.52. The van der Waals surface area contributed by atoms with E-state index in [4.69, 9.17) is 10.4 Å². The largest absolute Gasteiger partial charge is 0.481 e. The number of urea groups is 1. The summed E-state index contributed by atoms with van der Waals surface area (Å²) in [4.78, 5) is 24.7. The van der Waals surface area contributed by atoms with Crippen LogP contribution in [-0.4, -0.2) is 40.6 Å². The van der Waals surface area contributed by atoms with Crippen molar-refractivity contribution in [3.8, 4) is 6.07 Å². The van der Waals surface area contributed by atoms with E-state index in [1.165, 1.54) is 0 Å². The molecule has 1 unspecified atom stereocenters. The van der Waals surface area contributed by atoms with Crippen LogP contribution in [0.5, 0.6) is 0 Å². The van der Waals surface area contributed by atoms with E-state index in [0.717, 1.165) is 0 Å². The highest BCUT2D eigenvalue weighted by Gasteiger charge is 2.30. The zero-order valence-electron chi connectivity index (χ0n) is 12.9. The van der Waals surface area contributed by atoms with Crippen molar-refractivity contribution in [2.45, 2.75) is 59.5 Å². The van der Waals surface area contributed by atoms with Gasteiger partial charge in [-0.3, -0.25) is 4.79 Å². The minimum Gasteiger partial charge on any atom is -0.481 e. The van der Waals surface area contributed by atoms with E-state index < -0.39 is 12.0 Å². The van der Waals surface area contributed by atoms with Gasteiger partial charge in [-0.2, -0.15) is 5.26 Å². The summed E-state index contributed by atoms with van der Waals surface area (Å²) in [7, 11) is 0. The number of carbonyl (C=O) groups excluding carboxylic acids is 1. The Labute approximate surface area is 120 Å². The van der Waals surface area contributed by atoms with Crippen LogP contribution < -0.4 is 5.32 Å². The van der Waals surface area contributed by atoms with Gasteiger partial charge < -0.3 is 15.3 Å². The quantitative estimate of drug-likeness (QED) is 0.781. The summed E-state index contributed by atoms with van der Waals surface area (Å²) in [5.41, 5.74) is -0.355. The smallest absolute Gasteiger partial charge is 0.317 e. The molecule has 0 saturated heterocycles. The molecule has 2 N–H and O–H groups in total. The first-order chi connectivity index (χ1) is 9.09. The molecule has 20 heavy (non-hydrogen) atoms. The average molecular weight is 283 g/mol. The molecule has 0 aromatic rings. The third kappa shape index (κ3) is 6.41. The summed E-state index contributed by atoms with van der Waals surface area (Å²) >= 11 is 0. The third-order valence-electron chi connectivity index (χ3n) is 3.07. The van der Waals surface area contributed by atoms with Gasteiger partial charge in [0.25, 0.3) is 0 Å². The molecule has 0 fully saturated rings. The predicted molar refractivity (Wildman–Crippen MR) is 76.1 cm³/mol. The second-order valence-corrected chi connectivity index (χ2v) is 6.16. The van der Waals surface area contributed by atoms with Crippen LogP contribution in [0.4, 0.5) is 4.79 Å². The Morgan fingerprint density at radius 2 is 1.90 bits per heavy atom. The van der Waals surface area contributed by atoms with Crippen molar-refractivity contribution in [3.05, 3.63) is 0 Å². The number of rotatable bonds is 6. The molecule has 6 nitrogen and oxygen atoms in total. The fraction of sp³-hybridized carbons (Fsp3) is 0.786. The van der Waals surface area contributed by atoms with Gasteiger partial charge in [-0.15, -0.1) is 0 Å². The van der Waals surface area contributed by atoms with E-state index >= 15 is 0 Å². The van der Waals surface area contributed by atoms with Gasteiger partial charge in [-0.1, -0.05) is 20.8 Å². The lowest BCUT2D eigenvalue weighted by molar-refractivity contribution is -0.138. The minimum atomic E-state index is -0.946. The topological polar surface area (TPSA) is 93.4 Å². The molecule has 0 aliphatic carbocycles. The Balaban J connectivity index is 4.87. The van der Waals surface area contributed by atoms with Gasteiger partial charge in [-0.25, -0.2) is 4.79 Å². The summed E-state index contributed by atoms with van der Waals surface area (Å²) in [5, 5.41) is 20.3. The summed E-state index contributed by atoms with van der Waals surface area (Å²) in [6, 6.07) is 1.18. The zero-order valence-corrected chi connectivity index (χ0v) is 12.9. The van der Waals surface area contributed by atoms with Gasteiger partial charge in [-0.05, 0) is 19.3 Å². The van der Waals surface area contributed by atoms with Crippen LogP contribution in [-0.2, 0) is 4.79 Å². The standard InChI is InChI=1S/C14H25N3O3/c1-10(2)17(8-6-7-15)13(20)16-11(9-12(18)19)14(3,4)5/h10-11H,6,8-9H2,1-5H3,(H,16,20)(H,18,19). The highest BCUT2D eigenvalue weighted by molar-refractivity contribution is 5.76. The van der Waals surface area contributed by atoms with Crippen molar-refractivity contribution in [1.29, 1.82) is 5.26 Å². The summed E-state index contributed by atoms with van der Waals surface area (Å²) in [5.74, 6) is -0.946. The first kappa shape index (κ1) is 18.2. The van der Waals surface area contributed by atoms with Gasteiger partial charge in [0.1, 0.15) is 0 Å². The molecule has 2 amide bonds. The maximum Gasteiger partial charge on any atom is 0.317 e. The number of aliphatic carboxylic acids is 1. The third-order valence-corrected chi connectivity index (χ3v) is 3.07. The monoisotopic (exact) mass is 283 g/mol. The Morgan fingerprint density at radius 3 is 2.25 bits per heavy atom. The molecule has 0 aromatic carbocycles. The van der Waals surface area contributed by atoms with Crippen LogP contribution in [0.2, 0.25) is 0 Å². The number of carboxylic acid groups (broad SMARTS) is 1. The van der Waals surface area contributed by atoms with Gasteiger partial charge in [0, 0.05) is 18.6 Å². The number of carbonyl (C=O) groups is 2. The molecule has 0 aliphatic heterocycles. The number of nitrogens with one attached hydrogen (secondary N) is 1. The summed E-state index contributed by atoms with van der Waals surface area (Å²) in [6.45, 7) is 9.71. The molecule has 0 heterocycles. The molecule has 0 aliphatic rings. The van der Waals surface area contributed by atoms with Crippen LogP contribution in [0.25, 0.3) is 0 Å². The molecule has 0 aromatic heterocycles. The summed E-state index contributed by atoms with van der Waals surface area (Å²) in [6.07, 6.45) is 0.129. The maximum atomic E-state index is 12.2. The van der Waals surface area contributed by atoms with Gasteiger partial charge >= 0.3 is 12.0 Å². The molecular weight excluding hydrogens is 258 g/mol. The number of hydrogen-bond acceptors (Lipinski definition) is 3. The van der Waals surface area contributed by atoms with Crippen molar-refractivity contribution in [1.82, 2.24) is 10.2 Å². The van der Waals surface area contributed by atoms with E-state index in [1.54, 1.807) is 4.90 Å². The Hall–Kier alpha value is -1.77. The lowest BCUT2D eigenvalue weighted by Gasteiger charge is -2.34. The Kier molecular flexibility index (Phi) is 7.05. The molecule has 1 atom stereocenters. The number of hydrogen-bond donors (Lipinski definition) is 2. The van der Waals surface area contributed by atoms with Crippen LogP contribution in [0.15, 0.2) is 0 Å². The van der Waals surface area contributed by atoms with Gasteiger partial charge in [0.05, 0.1) is 18.9 Å². The fourth-order valence-electron chi connectivity index (χ4n) is 1.75. The van der Waals surface area contributed by atoms with Crippen molar-refractivity contribution in [2.24, 2.45) is 5.41 Å². The number of nitrogens with zero attached hydrogens (tertiary/aromatic N) is 2. The van der Waals surface area contributed by atoms with Crippen LogP contribution in [0.1, 0.15) is 47.5 Å². The molecule has 0 bridgehead atoms. The van der Waals surface area contributed by atoms with Crippen molar-refractivity contribution in [3.63, 3.8) is 0 Å². The molecule has 0 rings (SSSR count). The van der Waals surface area contributed by atoms with Crippen LogP contribution in [0, 0.1) is 16.7 Å². The normalized spacial score (nSPS) is 12.7. The van der Waals surface area contributed by atoms with Gasteiger partial charge in [0.2, 0.25) is 0 Å². The highest BCUT2D eigenvalue weighted by atomic mass is 16.4. The van der Waals surface area contributed by atoms with E-state index in [-0.39, 0.29) is 30.3 Å². The fourth-order valence-corrected chi connectivity index (χ4v) is 1.75. The summed E-state index contributed by atoms with van der Waals surface area (Å²) < 4.78 is 0. The van der Waals surface area contributed by atoms with E-state index in [1.807, 2.05) is 40.7 Å². The first-order valence-electron chi connectivity index (χ1n) is 6.75. The van der Waals surface area contributed by atoms with Crippen LogP contribution >= 0.6 is 0 Å². The molecule has 0 radical (unpaired) electrons. The van der Waals surface area contributed by atoms with Crippen molar-refractivity contribution >= 4 is 12.0 Å². The van der Waals surface area contributed by atoms with Crippen molar-refractivity contribution < 1.29 is 14.7 Å². The minimum absolute atomic E-state index is 0.0474. The van der Waals surface area contributed by atoms with Gasteiger partial charge in [0.15, 0.2) is 0 Å². The Bertz CT molecular complexity index is 380. The first-order valence-corrected chi connectivity index (χ1v) is 6.75. The SMILES string of the molecule is CC(C)N(CCC#N)C(=O)NC(CC(=O)O)C(C)(C)C. The molecule has 0 saturated carbocycles. The van der Waals surface area contributed by atoms with Crippen LogP contribution in [0.3, 0.4) is 0 Å². The zero-order chi connectivity index (χ0) is 15.9. The number of nitriles is 1. The van der Waals surface area contributed by atoms with E-state index in [0.29, 0.717) is 6.54 Å². The van der Waals surface area contributed by atoms with E-state index in [2.05, 4.69) is 5.32 Å². The molecular formula is C14H25N3O3. The maximum absolute atomic E-state index is 12.2. The molecule has 114 valence electrons. The lowest BCUT2D eigenvalue weighted by atomic mass is 9.85.